The Balaban J connectivity index is 1.44. The van der Waals surface area contributed by atoms with Crippen LogP contribution in [0.25, 0.3) is 5.69 Å². The van der Waals surface area contributed by atoms with Gasteiger partial charge in [-0.05, 0) is 55.7 Å². The lowest BCUT2D eigenvalue weighted by molar-refractivity contribution is 0.0582. The summed E-state index contributed by atoms with van der Waals surface area (Å²) in [6, 6.07) is 12.4. The molecule has 2 aromatic carbocycles. The highest BCUT2D eigenvalue weighted by atomic mass is 35.5. The van der Waals surface area contributed by atoms with Crippen molar-refractivity contribution in [2.24, 2.45) is 0 Å². The summed E-state index contributed by atoms with van der Waals surface area (Å²) >= 11 is 6.36. The maximum atomic E-state index is 13.2. The molecular formula is C23H26ClN5O. The van der Waals surface area contributed by atoms with Gasteiger partial charge in [-0.25, -0.2) is 0 Å². The second-order valence-electron chi connectivity index (χ2n) is 7.88. The number of nitrogens with zero attached hydrogens (tertiary/aromatic N) is 5. The van der Waals surface area contributed by atoms with Crippen LogP contribution in [0.1, 0.15) is 40.0 Å². The Bertz CT molecular complexity index is 1040. The minimum absolute atomic E-state index is 0.0339. The molecule has 4 rings (SSSR count). The standard InChI is InChI=1S/C23H26ClN5O/c1-16-4-5-19(12-17(16)2)18(3)27-8-10-28(11-9-27)23(30)21-13-20(6-7-22(21)24)29-14-25-26-15-29/h4-7,12-15,18H,8-11H2,1-3H3. The van der Waals surface area contributed by atoms with Crippen molar-refractivity contribution in [3.8, 4) is 5.69 Å². The summed E-state index contributed by atoms with van der Waals surface area (Å²) in [6.45, 7) is 9.56. The smallest absolute Gasteiger partial charge is 0.255 e. The Kier molecular flexibility index (Phi) is 5.88. The van der Waals surface area contributed by atoms with E-state index in [1.54, 1.807) is 29.4 Å². The fourth-order valence-electron chi connectivity index (χ4n) is 3.89. The fourth-order valence-corrected chi connectivity index (χ4v) is 4.09. The van der Waals surface area contributed by atoms with E-state index >= 15 is 0 Å². The first-order valence-corrected chi connectivity index (χ1v) is 10.6. The van der Waals surface area contributed by atoms with Crippen LogP contribution in [-0.2, 0) is 0 Å². The van der Waals surface area contributed by atoms with E-state index < -0.39 is 0 Å². The van der Waals surface area contributed by atoms with Crippen LogP contribution < -0.4 is 0 Å². The van der Waals surface area contributed by atoms with Gasteiger partial charge in [-0.3, -0.25) is 14.3 Å². The van der Waals surface area contributed by atoms with E-state index in [2.05, 4.69) is 54.1 Å². The number of hydrogen-bond acceptors (Lipinski definition) is 4. The molecular weight excluding hydrogens is 398 g/mol. The molecule has 0 radical (unpaired) electrons. The van der Waals surface area contributed by atoms with Crippen LogP contribution in [0.15, 0.2) is 49.1 Å². The number of halogens is 1. The predicted molar refractivity (Wildman–Crippen MR) is 118 cm³/mol. The highest BCUT2D eigenvalue weighted by molar-refractivity contribution is 6.33. The third-order valence-corrected chi connectivity index (χ3v) is 6.39. The summed E-state index contributed by atoms with van der Waals surface area (Å²) in [5.74, 6) is -0.0339. The molecule has 1 unspecified atom stereocenters. The zero-order chi connectivity index (χ0) is 21.3. The van der Waals surface area contributed by atoms with Crippen molar-refractivity contribution in [1.82, 2.24) is 24.6 Å². The second kappa shape index (κ2) is 8.58. The van der Waals surface area contributed by atoms with E-state index in [0.717, 1.165) is 18.8 Å². The topological polar surface area (TPSA) is 54.3 Å². The van der Waals surface area contributed by atoms with E-state index in [-0.39, 0.29) is 5.91 Å². The van der Waals surface area contributed by atoms with E-state index in [1.165, 1.54) is 16.7 Å². The molecule has 156 valence electrons. The number of hydrogen-bond donors (Lipinski definition) is 0. The van der Waals surface area contributed by atoms with Crippen LogP contribution in [-0.4, -0.2) is 56.7 Å². The first-order chi connectivity index (χ1) is 14.4. The number of piperazine rings is 1. The second-order valence-corrected chi connectivity index (χ2v) is 8.29. The molecule has 0 spiro atoms. The normalized spacial score (nSPS) is 15.9. The molecule has 0 N–H and O–H groups in total. The molecule has 1 atom stereocenters. The highest BCUT2D eigenvalue weighted by Crippen LogP contribution is 2.26. The first-order valence-electron chi connectivity index (χ1n) is 10.2. The molecule has 7 heteroatoms. The van der Waals surface area contributed by atoms with Crippen molar-refractivity contribution in [2.75, 3.05) is 26.2 Å². The lowest BCUT2D eigenvalue weighted by Gasteiger charge is -2.38. The van der Waals surface area contributed by atoms with Crippen molar-refractivity contribution in [3.63, 3.8) is 0 Å². The molecule has 1 aliphatic rings. The molecule has 0 saturated carbocycles. The molecule has 3 aromatic rings. The first kappa shape index (κ1) is 20.6. The number of amides is 1. The molecule has 6 nitrogen and oxygen atoms in total. The summed E-state index contributed by atoms with van der Waals surface area (Å²) in [7, 11) is 0. The number of carbonyl (C=O) groups excluding carboxylic acids is 1. The predicted octanol–water partition coefficient (Wildman–Crippen LogP) is 4.06. The highest BCUT2D eigenvalue weighted by Gasteiger charge is 2.26. The molecule has 1 aromatic heterocycles. The van der Waals surface area contributed by atoms with Gasteiger partial charge in [0, 0.05) is 37.9 Å². The third kappa shape index (κ3) is 4.11. The fraction of sp³-hybridized carbons (Fsp3) is 0.348. The van der Waals surface area contributed by atoms with Crippen molar-refractivity contribution in [1.29, 1.82) is 0 Å². The van der Waals surface area contributed by atoms with Crippen LogP contribution in [0, 0.1) is 13.8 Å². The van der Waals surface area contributed by atoms with Crippen molar-refractivity contribution < 1.29 is 4.79 Å². The van der Waals surface area contributed by atoms with Crippen LogP contribution in [0.3, 0.4) is 0 Å². The lowest BCUT2D eigenvalue weighted by Crippen LogP contribution is -2.49. The van der Waals surface area contributed by atoms with Crippen LogP contribution >= 0.6 is 11.6 Å². The minimum atomic E-state index is -0.0339. The van der Waals surface area contributed by atoms with Gasteiger partial charge in [-0.1, -0.05) is 29.8 Å². The maximum absolute atomic E-state index is 13.2. The minimum Gasteiger partial charge on any atom is -0.336 e. The number of benzene rings is 2. The Morgan fingerprint density at radius 3 is 2.33 bits per heavy atom. The van der Waals surface area contributed by atoms with Gasteiger partial charge in [0.05, 0.1) is 10.6 Å². The molecule has 0 aliphatic carbocycles. The van der Waals surface area contributed by atoms with Gasteiger partial charge in [0.1, 0.15) is 12.7 Å². The van der Waals surface area contributed by atoms with Crippen LogP contribution in [0.2, 0.25) is 5.02 Å². The average molecular weight is 424 g/mol. The van der Waals surface area contributed by atoms with Crippen molar-refractivity contribution in [2.45, 2.75) is 26.8 Å². The van der Waals surface area contributed by atoms with E-state index in [1.807, 2.05) is 11.0 Å². The Labute approximate surface area is 182 Å². The van der Waals surface area contributed by atoms with Gasteiger partial charge in [-0.2, -0.15) is 0 Å². The largest absolute Gasteiger partial charge is 0.336 e. The molecule has 1 amide bonds. The maximum Gasteiger partial charge on any atom is 0.255 e. The van der Waals surface area contributed by atoms with Gasteiger partial charge in [0.25, 0.3) is 5.91 Å². The zero-order valence-corrected chi connectivity index (χ0v) is 18.3. The third-order valence-electron chi connectivity index (χ3n) is 6.06. The van der Waals surface area contributed by atoms with Gasteiger partial charge in [0.2, 0.25) is 0 Å². The molecule has 1 saturated heterocycles. The number of carbonyl (C=O) groups is 1. The molecule has 1 aliphatic heterocycles. The quantitative estimate of drug-likeness (QED) is 0.635. The summed E-state index contributed by atoms with van der Waals surface area (Å²) in [4.78, 5) is 17.5. The van der Waals surface area contributed by atoms with Crippen molar-refractivity contribution in [3.05, 3.63) is 76.3 Å². The van der Waals surface area contributed by atoms with Gasteiger partial charge >= 0.3 is 0 Å². The molecule has 1 fully saturated rings. The zero-order valence-electron chi connectivity index (χ0n) is 17.5. The van der Waals surface area contributed by atoms with Crippen LogP contribution in [0.5, 0.6) is 0 Å². The Morgan fingerprint density at radius 1 is 0.967 bits per heavy atom. The molecule has 30 heavy (non-hydrogen) atoms. The average Bonchev–Trinajstić information content (AvgIpc) is 3.30. The lowest BCUT2D eigenvalue weighted by atomic mass is 10.0. The summed E-state index contributed by atoms with van der Waals surface area (Å²) in [5.41, 5.74) is 5.28. The summed E-state index contributed by atoms with van der Waals surface area (Å²) in [5, 5.41) is 8.11. The monoisotopic (exact) mass is 423 g/mol. The van der Waals surface area contributed by atoms with Gasteiger partial charge in [-0.15, -0.1) is 10.2 Å². The SMILES string of the molecule is Cc1ccc(C(C)N2CCN(C(=O)c3cc(-n4cnnc4)ccc3Cl)CC2)cc1C. The van der Waals surface area contributed by atoms with E-state index in [9.17, 15) is 4.79 Å². The Morgan fingerprint density at radius 2 is 1.67 bits per heavy atom. The number of aryl methyl sites for hydroxylation is 2. The van der Waals surface area contributed by atoms with E-state index in [4.69, 9.17) is 11.6 Å². The van der Waals surface area contributed by atoms with Gasteiger partial charge in [0.15, 0.2) is 0 Å². The number of aromatic nitrogens is 3. The van der Waals surface area contributed by atoms with Crippen molar-refractivity contribution >= 4 is 17.5 Å². The molecule has 0 bridgehead atoms. The number of rotatable bonds is 4. The Hall–Kier alpha value is -2.70. The van der Waals surface area contributed by atoms with Crippen LogP contribution in [0.4, 0.5) is 0 Å². The summed E-state index contributed by atoms with van der Waals surface area (Å²) < 4.78 is 1.76. The van der Waals surface area contributed by atoms with E-state index in [0.29, 0.717) is 29.7 Å². The summed E-state index contributed by atoms with van der Waals surface area (Å²) in [6.07, 6.45) is 3.20. The van der Waals surface area contributed by atoms with Gasteiger partial charge < -0.3 is 4.90 Å². The molecule has 2 heterocycles.